The molecule has 1 rings (SSSR count). The molecule has 0 radical (unpaired) electrons. The summed E-state index contributed by atoms with van der Waals surface area (Å²) in [6.07, 6.45) is -0.845. The molecule has 0 amide bonds. The third kappa shape index (κ3) is 2.55. The SMILES string of the molecule is CC(C)(C)C(O)c1ccc(F)c(F)c1Br. The van der Waals surface area contributed by atoms with Gasteiger partial charge in [0.25, 0.3) is 0 Å². The van der Waals surface area contributed by atoms with Crippen molar-refractivity contribution in [2.75, 3.05) is 0 Å². The number of rotatable bonds is 1. The zero-order valence-electron chi connectivity index (χ0n) is 8.81. The molecule has 0 aromatic heterocycles. The Morgan fingerprint density at radius 2 is 1.80 bits per heavy atom. The molecule has 0 aliphatic heterocycles. The van der Waals surface area contributed by atoms with Gasteiger partial charge in [0.05, 0.1) is 10.6 Å². The van der Waals surface area contributed by atoms with Crippen molar-refractivity contribution in [2.24, 2.45) is 5.41 Å². The second kappa shape index (κ2) is 4.18. The highest BCUT2D eigenvalue weighted by molar-refractivity contribution is 9.10. The third-order valence-corrected chi connectivity index (χ3v) is 2.99. The van der Waals surface area contributed by atoms with Gasteiger partial charge in [-0.3, -0.25) is 0 Å². The molecule has 0 aliphatic rings. The van der Waals surface area contributed by atoms with Crippen molar-refractivity contribution in [1.29, 1.82) is 0 Å². The fourth-order valence-electron chi connectivity index (χ4n) is 1.22. The van der Waals surface area contributed by atoms with E-state index in [0.29, 0.717) is 5.56 Å². The largest absolute Gasteiger partial charge is 0.388 e. The van der Waals surface area contributed by atoms with Crippen LogP contribution in [-0.4, -0.2) is 5.11 Å². The molecule has 15 heavy (non-hydrogen) atoms. The molecule has 1 nitrogen and oxygen atoms in total. The average molecular weight is 279 g/mol. The van der Waals surface area contributed by atoms with Crippen LogP contribution >= 0.6 is 15.9 Å². The first-order chi connectivity index (χ1) is 6.75. The van der Waals surface area contributed by atoms with Crippen LogP contribution < -0.4 is 0 Å². The van der Waals surface area contributed by atoms with Crippen LogP contribution in [0.1, 0.15) is 32.4 Å². The Hall–Kier alpha value is -0.480. The molecule has 1 N–H and O–H groups in total. The van der Waals surface area contributed by atoms with E-state index in [2.05, 4.69) is 15.9 Å². The maximum atomic E-state index is 13.2. The summed E-state index contributed by atoms with van der Waals surface area (Å²) in [5.74, 6) is -1.89. The van der Waals surface area contributed by atoms with Crippen molar-refractivity contribution >= 4 is 15.9 Å². The van der Waals surface area contributed by atoms with Crippen molar-refractivity contribution in [3.05, 3.63) is 33.8 Å². The summed E-state index contributed by atoms with van der Waals surface area (Å²) < 4.78 is 26.0. The summed E-state index contributed by atoms with van der Waals surface area (Å²) in [5, 5.41) is 9.93. The Kier molecular flexibility index (Phi) is 3.51. The lowest BCUT2D eigenvalue weighted by Gasteiger charge is -2.27. The van der Waals surface area contributed by atoms with E-state index in [-0.39, 0.29) is 4.47 Å². The Morgan fingerprint density at radius 3 is 2.27 bits per heavy atom. The number of benzene rings is 1. The Morgan fingerprint density at radius 1 is 1.27 bits per heavy atom. The maximum Gasteiger partial charge on any atom is 0.173 e. The van der Waals surface area contributed by atoms with Gasteiger partial charge >= 0.3 is 0 Å². The van der Waals surface area contributed by atoms with E-state index in [1.54, 1.807) is 0 Å². The van der Waals surface area contributed by atoms with Crippen molar-refractivity contribution in [1.82, 2.24) is 0 Å². The minimum absolute atomic E-state index is 0.00933. The lowest BCUT2D eigenvalue weighted by molar-refractivity contribution is 0.0616. The lowest BCUT2D eigenvalue weighted by atomic mass is 9.85. The lowest BCUT2D eigenvalue weighted by Crippen LogP contribution is -2.18. The van der Waals surface area contributed by atoms with Gasteiger partial charge in [-0.1, -0.05) is 26.8 Å². The topological polar surface area (TPSA) is 20.2 Å². The van der Waals surface area contributed by atoms with Gasteiger partial charge in [-0.15, -0.1) is 0 Å². The van der Waals surface area contributed by atoms with E-state index < -0.39 is 23.2 Å². The summed E-state index contributed by atoms with van der Waals surface area (Å²) in [7, 11) is 0. The molecule has 0 spiro atoms. The van der Waals surface area contributed by atoms with E-state index >= 15 is 0 Å². The number of aliphatic hydroxyl groups excluding tert-OH is 1. The summed E-state index contributed by atoms with van der Waals surface area (Å²) in [5.41, 5.74) is -0.0614. The molecular weight excluding hydrogens is 266 g/mol. The molecule has 1 aromatic rings. The minimum Gasteiger partial charge on any atom is -0.388 e. The van der Waals surface area contributed by atoms with Gasteiger partial charge in [0, 0.05) is 0 Å². The molecule has 0 saturated carbocycles. The smallest absolute Gasteiger partial charge is 0.173 e. The Labute approximate surface area is 96.2 Å². The molecule has 4 heteroatoms. The van der Waals surface area contributed by atoms with Crippen molar-refractivity contribution in [3.63, 3.8) is 0 Å². The predicted molar refractivity (Wildman–Crippen MR) is 58.5 cm³/mol. The highest BCUT2D eigenvalue weighted by Gasteiger charge is 2.27. The zero-order valence-corrected chi connectivity index (χ0v) is 10.4. The monoisotopic (exact) mass is 278 g/mol. The summed E-state index contributed by atoms with van der Waals surface area (Å²) in [6, 6.07) is 2.41. The van der Waals surface area contributed by atoms with E-state index in [1.165, 1.54) is 6.07 Å². The standard InChI is InChI=1S/C11H13BrF2O/c1-11(2,3)10(15)6-4-5-7(13)9(14)8(6)12/h4-5,10,15H,1-3H3. The van der Waals surface area contributed by atoms with Gasteiger partial charge in [-0.25, -0.2) is 8.78 Å². The van der Waals surface area contributed by atoms with Gasteiger partial charge in [-0.05, 0) is 33.0 Å². The third-order valence-electron chi connectivity index (χ3n) is 2.18. The summed E-state index contributed by atoms with van der Waals surface area (Å²) in [4.78, 5) is 0. The van der Waals surface area contributed by atoms with E-state index in [9.17, 15) is 13.9 Å². The molecule has 1 atom stereocenters. The van der Waals surface area contributed by atoms with Crippen molar-refractivity contribution in [2.45, 2.75) is 26.9 Å². The minimum atomic E-state index is -0.962. The van der Waals surface area contributed by atoms with Crippen LogP contribution in [0.2, 0.25) is 0 Å². The first-order valence-electron chi connectivity index (χ1n) is 4.56. The van der Waals surface area contributed by atoms with Crippen molar-refractivity contribution in [3.8, 4) is 0 Å². The van der Waals surface area contributed by atoms with Gasteiger partial charge in [0.2, 0.25) is 0 Å². The van der Waals surface area contributed by atoms with E-state index in [0.717, 1.165) is 6.07 Å². The van der Waals surface area contributed by atoms with Gasteiger partial charge in [0.1, 0.15) is 0 Å². The molecule has 84 valence electrons. The molecule has 0 aliphatic carbocycles. The van der Waals surface area contributed by atoms with Crippen LogP contribution in [0.4, 0.5) is 8.78 Å². The zero-order chi connectivity index (χ0) is 11.8. The van der Waals surface area contributed by atoms with Crippen LogP contribution in [0.5, 0.6) is 0 Å². The quantitative estimate of drug-likeness (QED) is 0.775. The summed E-state index contributed by atoms with van der Waals surface area (Å²) in [6.45, 7) is 5.47. The van der Waals surface area contributed by atoms with Gasteiger partial charge in [-0.2, -0.15) is 0 Å². The first-order valence-corrected chi connectivity index (χ1v) is 5.36. The Balaban J connectivity index is 3.23. The van der Waals surface area contributed by atoms with Crippen LogP contribution in [0.3, 0.4) is 0 Å². The number of hydrogen-bond donors (Lipinski definition) is 1. The van der Waals surface area contributed by atoms with Gasteiger partial charge in [0.15, 0.2) is 11.6 Å². The highest BCUT2D eigenvalue weighted by Crippen LogP contribution is 2.37. The molecule has 1 aromatic carbocycles. The van der Waals surface area contributed by atoms with Crippen LogP contribution in [0.15, 0.2) is 16.6 Å². The van der Waals surface area contributed by atoms with Crippen LogP contribution in [-0.2, 0) is 0 Å². The van der Waals surface area contributed by atoms with Crippen LogP contribution in [0.25, 0.3) is 0 Å². The van der Waals surface area contributed by atoms with Crippen LogP contribution in [0, 0.1) is 17.0 Å². The number of halogens is 3. The number of aliphatic hydroxyl groups is 1. The molecule has 0 bridgehead atoms. The average Bonchev–Trinajstić information content (AvgIpc) is 2.12. The molecular formula is C11H13BrF2O. The normalized spacial score (nSPS) is 14.1. The first kappa shape index (κ1) is 12.6. The predicted octanol–water partition coefficient (Wildman–Crippen LogP) is 3.81. The van der Waals surface area contributed by atoms with E-state index in [1.807, 2.05) is 20.8 Å². The fraction of sp³-hybridized carbons (Fsp3) is 0.455. The second-order valence-electron chi connectivity index (χ2n) is 4.53. The number of hydrogen-bond acceptors (Lipinski definition) is 1. The molecule has 1 unspecified atom stereocenters. The molecule has 0 saturated heterocycles. The van der Waals surface area contributed by atoms with E-state index in [4.69, 9.17) is 0 Å². The van der Waals surface area contributed by atoms with Crippen molar-refractivity contribution < 1.29 is 13.9 Å². The van der Waals surface area contributed by atoms with Gasteiger partial charge < -0.3 is 5.11 Å². The molecule has 0 heterocycles. The Bertz CT molecular complexity index is 372. The highest BCUT2D eigenvalue weighted by atomic mass is 79.9. The maximum absolute atomic E-state index is 13.2. The fourth-order valence-corrected chi connectivity index (χ4v) is 1.76. The molecule has 0 fully saturated rings. The summed E-state index contributed by atoms with van der Waals surface area (Å²) >= 11 is 2.95. The second-order valence-corrected chi connectivity index (χ2v) is 5.33.